The average Bonchev–Trinajstić information content (AvgIpc) is 2.78. The van der Waals surface area contributed by atoms with E-state index in [1.54, 1.807) is 37.8 Å². The second-order valence-electron chi connectivity index (χ2n) is 3.88. The molecule has 0 spiro atoms. The van der Waals surface area contributed by atoms with E-state index in [0.717, 1.165) is 5.69 Å². The van der Waals surface area contributed by atoms with E-state index in [1.165, 1.54) is 0 Å². The summed E-state index contributed by atoms with van der Waals surface area (Å²) in [5.74, 6) is -0.507. The minimum absolute atomic E-state index is 0.00449. The maximum absolute atomic E-state index is 11.8. The fraction of sp³-hybridized carbons (Fsp3) is 0.333. The summed E-state index contributed by atoms with van der Waals surface area (Å²) in [6.45, 7) is 3.77. The Morgan fingerprint density at radius 2 is 2.21 bits per heavy atom. The minimum atomic E-state index is -0.507. The third-order valence-electron chi connectivity index (χ3n) is 2.65. The molecule has 0 N–H and O–H groups in total. The van der Waals surface area contributed by atoms with Crippen molar-refractivity contribution in [2.75, 3.05) is 6.61 Å². The van der Waals surface area contributed by atoms with Crippen LogP contribution in [0.1, 0.15) is 23.0 Å². The summed E-state index contributed by atoms with van der Waals surface area (Å²) in [5.41, 5.74) is 2.12. The zero-order valence-electron chi connectivity index (χ0n) is 10.8. The van der Waals surface area contributed by atoms with Crippen LogP contribution in [0.15, 0.2) is 12.3 Å². The highest BCUT2D eigenvalue weighted by Crippen LogP contribution is 2.24. The molecule has 0 aliphatic carbocycles. The smallest absolute Gasteiger partial charge is 0.357 e. The van der Waals surface area contributed by atoms with Crippen molar-refractivity contribution in [1.29, 1.82) is 0 Å². The molecule has 2 aromatic rings. The molecule has 0 amide bonds. The number of aryl methyl sites for hydroxylation is 1. The van der Waals surface area contributed by atoms with Crippen molar-refractivity contribution < 1.29 is 9.53 Å². The number of carbonyl (C=O) groups excluding carboxylic acids is 1. The van der Waals surface area contributed by atoms with E-state index in [2.05, 4.69) is 15.1 Å². The zero-order valence-corrected chi connectivity index (χ0v) is 11.6. The molecule has 19 heavy (non-hydrogen) atoms. The Labute approximate surface area is 115 Å². The lowest BCUT2D eigenvalue weighted by atomic mass is 10.1. The Morgan fingerprint density at radius 1 is 1.47 bits per heavy atom. The standard InChI is InChI=1S/C12H13ClN4O2/c1-4-19-11(18)10-7(2)9(15-12(13)16-10)8-5-6-14-17(8)3/h5-6H,4H2,1-3H3. The van der Waals surface area contributed by atoms with E-state index in [9.17, 15) is 4.79 Å². The van der Waals surface area contributed by atoms with Crippen LogP contribution in [0.2, 0.25) is 5.28 Å². The van der Waals surface area contributed by atoms with E-state index in [4.69, 9.17) is 16.3 Å². The van der Waals surface area contributed by atoms with Crippen LogP contribution in [0, 0.1) is 6.92 Å². The highest BCUT2D eigenvalue weighted by molar-refractivity contribution is 6.28. The van der Waals surface area contributed by atoms with Crippen LogP contribution < -0.4 is 0 Å². The van der Waals surface area contributed by atoms with Gasteiger partial charge in [-0.2, -0.15) is 5.10 Å². The number of hydrogen-bond donors (Lipinski definition) is 0. The molecule has 7 heteroatoms. The monoisotopic (exact) mass is 280 g/mol. The van der Waals surface area contributed by atoms with Gasteiger partial charge in [0.15, 0.2) is 5.69 Å². The van der Waals surface area contributed by atoms with Crippen molar-refractivity contribution in [3.05, 3.63) is 28.8 Å². The van der Waals surface area contributed by atoms with Crippen molar-refractivity contribution >= 4 is 17.6 Å². The van der Waals surface area contributed by atoms with Gasteiger partial charge in [0.25, 0.3) is 0 Å². The number of rotatable bonds is 3. The molecule has 0 aliphatic heterocycles. The van der Waals surface area contributed by atoms with Crippen LogP contribution in [-0.2, 0) is 11.8 Å². The molecule has 0 radical (unpaired) electrons. The first-order valence-electron chi connectivity index (χ1n) is 5.74. The van der Waals surface area contributed by atoms with Gasteiger partial charge in [-0.25, -0.2) is 14.8 Å². The quantitative estimate of drug-likeness (QED) is 0.635. The third-order valence-corrected chi connectivity index (χ3v) is 2.82. The molecular formula is C12H13ClN4O2. The van der Waals surface area contributed by atoms with Gasteiger partial charge in [0.1, 0.15) is 0 Å². The highest BCUT2D eigenvalue weighted by atomic mass is 35.5. The van der Waals surface area contributed by atoms with Crippen LogP contribution in [-0.4, -0.2) is 32.3 Å². The van der Waals surface area contributed by atoms with Gasteiger partial charge in [-0.1, -0.05) is 0 Å². The number of ether oxygens (including phenoxy) is 1. The SMILES string of the molecule is CCOC(=O)c1nc(Cl)nc(-c2ccnn2C)c1C. The minimum Gasteiger partial charge on any atom is -0.461 e. The number of hydrogen-bond acceptors (Lipinski definition) is 5. The fourth-order valence-corrected chi connectivity index (χ4v) is 1.91. The van der Waals surface area contributed by atoms with Crippen LogP contribution in [0.5, 0.6) is 0 Å². The maximum Gasteiger partial charge on any atom is 0.357 e. The Kier molecular flexibility index (Phi) is 3.80. The maximum atomic E-state index is 11.8. The topological polar surface area (TPSA) is 69.9 Å². The summed E-state index contributed by atoms with van der Waals surface area (Å²) in [5, 5.41) is 4.08. The molecule has 2 aromatic heterocycles. The predicted octanol–water partition coefficient (Wildman–Crippen LogP) is 2.02. The Morgan fingerprint density at radius 3 is 2.79 bits per heavy atom. The van der Waals surface area contributed by atoms with Gasteiger partial charge in [0, 0.05) is 18.8 Å². The Balaban J connectivity index is 2.58. The normalized spacial score (nSPS) is 10.5. The Hall–Kier alpha value is -1.95. The molecule has 0 saturated heterocycles. The van der Waals surface area contributed by atoms with E-state index in [0.29, 0.717) is 11.3 Å². The van der Waals surface area contributed by atoms with Crippen molar-refractivity contribution in [2.45, 2.75) is 13.8 Å². The first kappa shape index (κ1) is 13.5. The summed E-state index contributed by atoms with van der Waals surface area (Å²) >= 11 is 5.88. The summed E-state index contributed by atoms with van der Waals surface area (Å²) in [7, 11) is 1.79. The molecule has 0 atom stereocenters. The van der Waals surface area contributed by atoms with E-state index in [-0.39, 0.29) is 17.6 Å². The summed E-state index contributed by atoms with van der Waals surface area (Å²) in [6.07, 6.45) is 1.65. The van der Waals surface area contributed by atoms with Crippen LogP contribution >= 0.6 is 11.6 Å². The molecule has 2 heterocycles. The van der Waals surface area contributed by atoms with E-state index < -0.39 is 5.97 Å². The predicted molar refractivity (Wildman–Crippen MR) is 69.9 cm³/mol. The summed E-state index contributed by atoms with van der Waals surface area (Å²) in [4.78, 5) is 19.9. The molecular weight excluding hydrogens is 268 g/mol. The van der Waals surface area contributed by atoms with E-state index in [1.807, 2.05) is 0 Å². The first-order chi connectivity index (χ1) is 9.04. The molecule has 0 aromatic carbocycles. The summed E-state index contributed by atoms with van der Waals surface area (Å²) in [6, 6.07) is 1.79. The fourth-order valence-electron chi connectivity index (χ4n) is 1.74. The number of aromatic nitrogens is 4. The van der Waals surface area contributed by atoms with Gasteiger partial charge in [0.2, 0.25) is 5.28 Å². The Bertz CT molecular complexity index is 624. The highest BCUT2D eigenvalue weighted by Gasteiger charge is 2.19. The molecule has 0 fully saturated rings. The molecule has 100 valence electrons. The third kappa shape index (κ3) is 2.58. The van der Waals surface area contributed by atoms with Crippen molar-refractivity contribution in [3.8, 4) is 11.4 Å². The lowest BCUT2D eigenvalue weighted by Crippen LogP contribution is -2.12. The number of carbonyl (C=O) groups is 1. The van der Waals surface area contributed by atoms with Crippen LogP contribution in [0.4, 0.5) is 0 Å². The second kappa shape index (κ2) is 5.36. The second-order valence-corrected chi connectivity index (χ2v) is 4.21. The average molecular weight is 281 g/mol. The van der Waals surface area contributed by atoms with Gasteiger partial charge in [0.05, 0.1) is 18.0 Å². The van der Waals surface area contributed by atoms with Gasteiger partial charge >= 0.3 is 5.97 Å². The lowest BCUT2D eigenvalue weighted by Gasteiger charge is -2.10. The van der Waals surface area contributed by atoms with Crippen LogP contribution in [0.3, 0.4) is 0 Å². The largest absolute Gasteiger partial charge is 0.461 e. The molecule has 0 unspecified atom stereocenters. The van der Waals surface area contributed by atoms with Crippen molar-refractivity contribution in [1.82, 2.24) is 19.7 Å². The first-order valence-corrected chi connectivity index (χ1v) is 6.12. The molecule has 6 nitrogen and oxygen atoms in total. The van der Waals surface area contributed by atoms with Gasteiger partial charge in [-0.15, -0.1) is 0 Å². The lowest BCUT2D eigenvalue weighted by molar-refractivity contribution is 0.0518. The van der Waals surface area contributed by atoms with Crippen molar-refractivity contribution in [2.24, 2.45) is 7.05 Å². The van der Waals surface area contributed by atoms with Gasteiger partial charge in [-0.3, -0.25) is 4.68 Å². The van der Waals surface area contributed by atoms with Gasteiger partial charge < -0.3 is 4.74 Å². The summed E-state index contributed by atoms with van der Waals surface area (Å²) < 4.78 is 6.61. The molecule has 2 rings (SSSR count). The number of halogens is 1. The number of esters is 1. The van der Waals surface area contributed by atoms with Crippen molar-refractivity contribution in [3.63, 3.8) is 0 Å². The molecule has 0 saturated carbocycles. The van der Waals surface area contributed by atoms with Crippen LogP contribution in [0.25, 0.3) is 11.4 Å². The molecule has 0 aliphatic rings. The number of nitrogens with zero attached hydrogens (tertiary/aromatic N) is 4. The zero-order chi connectivity index (χ0) is 14.0. The van der Waals surface area contributed by atoms with Gasteiger partial charge in [-0.05, 0) is 31.5 Å². The van der Waals surface area contributed by atoms with E-state index >= 15 is 0 Å². The molecule has 0 bridgehead atoms.